The topological polar surface area (TPSA) is 3.24 Å². The third kappa shape index (κ3) is 4.09. The molecule has 0 unspecified atom stereocenters. The molecule has 1 fully saturated rings. The van der Waals surface area contributed by atoms with Gasteiger partial charge < -0.3 is 0 Å². The molecule has 0 spiro atoms. The SMILES string of the molecule is CN(Cc1ccc(C(C)(C)C)cc1)[C@H]1CC[C@@H](C)CC1. The average Bonchev–Trinajstić information content (AvgIpc) is 2.39. The Morgan fingerprint density at radius 3 is 2.05 bits per heavy atom. The Morgan fingerprint density at radius 2 is 1.55 bits per heavy atom. The van der Waals surface area contributed by atoms with Gasteiger partial charge in [-0.3, -0.25) is 4.90 Å². The molecule has 0 bridgehead atoms. The summed E-state index contributed by atoms with van der Waals surface area (Å²) in [5.74, 6) is 0.936. The molecule has 1 aliphatic carbocycles. The van der Waals surface area contributed by atoms with Crippen LogP contribution < -0.4 is 0 Å². The number of nitrogens with zero attached hydrogens (tertiary/aromatic N) is 1. The van der Waals surface area contributed by atoms with E-state index in [-0.39, 0.29) is 5.41 Å². The van der Waals surface area contributed by atoms with E-state index in [2.05, 4.69) is 63.9 Å². The smallest absolute Gasteiger partial charge is 0.0233 e. The third-order valence-electron chi connectivity index (χ3n) is 4.86. The minimum absolute atomic E-state index is 0.254. The molecule has 0 amide bonds. The van der Waals surface area contributed by atoms with E-state index in [1.807, 2.05) is 0 Å². The lowest BCUT2D eigenvalue weighted by Gasteiger charge is -2.33. The van der Waals surface area contributed by atoms with E-state index in [9.17, 15) is 0 Å². The second-order valence-electron chi connectivity index (χ2n) is 7.78. The Bertz CT molecular complexity index is 404. The van der Waals surface area contributed by atoms with Crippen molar-refractivity contribution in [1.82, 2.24) is 4.90 Å². The van der Waals surface area contributed by atoms with Crippen LogP contribution >= 0.6 is 0 Å². The predicted octanol–water partition coefficient (Wildman–Crippen LogP) is 4.99. The Morgan fingerprint density at radius 1 is 1.00 bits per heavy atom. The van der Waals surface area contributed by atoms with Gasteiger partial charge in [-0.15, -0.1) is 0 Å². The van der Waals surface area contributed by atoms with Crippen molar-refractivity contribution in [3.8, 4) is 0 Å². The lowest BCUT2D eigenvalue weighted by atomic mass is 9.86. The van der Waals surface area contributed by atoms with E-state index in [0.717, 1.165) is 18.5 Å². The van der Waals surface area contributed by atoms with E-state index in [4.69, 9.17) is 0 Å². The summed E-state index contributed by atoms with van der Waals surface area (Å²) in [6, 6.07) is 10.00. The minimum Gasteiger partial charge on any atom is -0.299 e. The highest BCUT2D eigenvalue weighted by Gasteiger charge is 2.21. The first-order valence-corrected chi connectivity index (χ1v) is 8.16. The van der Waals surface area contributed by atoms with Crippen molar-refractivity contribution < 1.29 is 0 Å². The molecule has 2 rings (SSSR count). The molecule has 0 heterocycles. The van der Waals surface area contributed by atoms with Crippen LogP contribution in [0.2, 0.25) is 0 Å². The van der Waals surface area contributed by atoms with Crippen molar-refractivity contribution in [2.24, 2.45) is 5.92 Å². The number of hydrogen-bond acceptors (Lipinski definition) is 1. The highest BCUT2D eigenvalue weighted by molar-refractivity contribution is 5.27. The van der Waals surface area contributed by atoms with Gasteiger partial charge in [0.15, 0.2) is 0 Å². The fourth-order valence-corrected chi connectivity index (χ4v) is 3.21. The van der Waals surface area contributed by atoms with Crippen LogP contribution in [-0.2, 0) is 12.0 Å². The Labute approximate surface area is 125 Å². The monoisotopic (exact) mass is 273 g/mol. The third-order valence-corrected chi connectivity index (χ3v) is 4.86. The fraction of sp³-hybridized carbons (Fsp3) is 0.684. The zero-order chi connectivity index (χ0) is 14.8. The molecule has 1 aliphatic rings. The Balaban J connectivity index is 1.93. The molecular formula is C19H31N. The van der Waals surface area contributed by atoms with Gasteiger partial charge in [0.05, 0.1) is 0 Å². The molecule has 1 nitrogen and oxygen atoms in total. The maximum Gasteiger partial charge on any atom is 0.0233 e. The molecule has 20 heavy (non-hydrogen) atoms. The number of hydrogen-bond donors (Lipinski definition) is 0. The second-order valence-corrected chi connectivity index (χ2v) is 7.78. The summed E-state index contributed by atoms with van der Waals surface area (Å²) in [4.78, 5) is 2.55. The molecule has 1 aromatic carbocycles. The number of benzene rings is 1. The molecule has 0 radical (unpaired) electrons. The molecule has 0 aromatic heterocycles. The molecule has 0 N–H and O–H groups in total. The summed E-state index contributed by atoms with van der Waals surface area (Å²) < 4.78 is 0. The molecule has 0 atom stereocenters. The van der Waals surface area contributed by atoms with Gasteiger partial charge >= 0.3 is 0 Å². The van der Waals surface area contributed by atoms with Gasteiger partial charge in [-0.1, -0.05) is 52.0 Å². The Kier molecular flexibility index (Phi) is 4.90. The normalized spacial score (nSPS) is 24.1. The van der Waals surface area contributed by atoms with Gasteiger partial charge in [-0.2, -0.15) is 0 Å². The molecule has 112 valence electrons. The van der Waals surface area contributed by atoms with Crippen LogP contribution in [0.3, 0.4) is 0 Å². The fourth-order valence-electron chi connectivity index (χ4n) is 3.21. The predicted molar refractivity (Wildman–Crippen MR) is 88.0 cm³/mol. The summed E-state index contributed by atoms with van der Waals surface area (Å²) in [5.41, 5.74) is 3.12. The largest absolute Gasteiger partial charge is 0.299 e. The molecule has 1 aromatic rings. The summed E-state index contributed by atoms with van der Waals surface area (Å²) in [6.07, 6.45) is 5.55. The quantitative estimate of drug-likeness (QED) is 0.749. The van der Waals surface area contributed by atoms with E-state index < -0.39 is 0 Å². The first kappa shape index (κ1) is 15.6. The standard InChI is InChI=1S/C19H31N/c1-15-6-12-18(13-7-15)20(5)14-16-8-10-17(11-9-16)19(2,3)4/h8-11,15,18H,6-7,12-14H2,1-5H3/t15-,18+. The van der Waals surface area contributed by atoms with Gasteiger partial charge in [0, 0.05) is 12.6 Å². The van der Waals surface area contributed by atoms with Crippen molar-refractivity contribution in [1.29, 1.82) is 0 Å². The average molecular weight is 273 g/mol. The summed E-state index contributed by atoms with van der Waals surface area (Å²) >= 11 is 0. The molecule has 0 saturated heterocycles. The van der Waals surface area contributed by atoms with Gasteiger partial charge in [0.25, 0.3) is 0 Å². The van der Waals surface area contributed by atoms with E-state index in [1.54, 1.807) is 0 Å². The van der Waals surface area contributed by atoms with Crippen molar-refractivity contribution in [3.05, 3.63) is 35.4 Å². The maximum absolute atomic E-state index is 2.55. The zero-order valence-corrected chi connectivity index (χ0v) is 13.9. The molecule has 1 heteroatoms. The van der Waals surface area contributed by atoms with Gasteiger partial charge in [-0.25, -0.2) is 0 Å². The van der Waals surface area contributed by atoms with Crippen LogP contribution in [0.5, 0.6) is 0 Å². The molecular weight excluding hydrogens is 242 g/mol. The van der Waals surface area contributed by atoms with Gasteiger partial charge in [0.1, 0.15) is 0 Å². The van der Waals surface area contributed by atoms with Crippen LogP contribution in [0.15, 0.2) is 24.3 Å². The summed E-state index contributed by atoms with van der Waals surface area (Å²) in [7, 11) is 2.29. The number of rotatable bonds is 3. The Hall–Kier alpha value is -0.820. The van der Waals surface area contributed by atoms with Crippen LogP contribution in [0, 0.1) is 5.92 Å². The van der Waals surface area contributed by atoms with Crippen LogP contribution in [0.25, 0.3) is 0 Å². The first-order valence-electron chi connectivity index (χ1n) is 8.16. The van der Waals surface area contributed by atoms with E-state index in [0.29, 0.717) is 0 Å². The summed E-state index contributed by atoms with van der Waals surface area (Å²) in [6.45, 7) is 10.3. The highest BCUT2D eigenvalue weighted by Crippen LogP contribution is 2.27. The summed E-state index contributed by atoms with van der Waals surface area (Å²) in [5, 5.41) is 0. The van der Waals surface area contributed by atoms with Gasteiger partial charge in [0.2, 0.25) is 0 Å². The van der Waals surface area contributed by atoms with Crippen LogP contribution in [-0.4, -0.2) is 18.0 Å². The lowest BCUT2D eigenvalue weighted by molar-refractivity contribution is 0.164. The highest BCUT2D eigenvalue weighted by atomic mass is 15.1. The van der Waals surface area contributed by atoms with Crippen molar-refractivity contribution in [2.75, 3.05) is 7.05 Å². The van der Waals surface area contributed by atoms with Gasteiger partial charge in [-0.05, 0) is 55.2 Å². The lowest BCUT2D eigenvalue weighted by Crippen LogP contribution is -2.34. The van der Waals surface area contributed by atoms with Crippen LogP contribution in [0.1, 0.15) is 64.5 Å². The zero-order valence-electron chi connectivity index (χ0n) is 13.9. The van der Waals surface area contributed by atoms with Crippen molar-refractivity contribution in [3.63, 3.8) is 0 Å². The van der Waals surface area contributed by atoms with Crippen LogP contribution in [0.4, 0.5) is 0 Å². The van der Waals surface area contributed by atoms with Crippen molar-refractivity contribution >= 4 is 0 Å². The van der Waals surface area contributed by atoms with E-state index in [1.165, 1.54) is 36.8 Å². The molecule has 0 aliphatic heterocycles. The van der Waals surface area contributed by atoms with E-state index >= 15 is 0 Å². The van der Waals surface area contributed by atoms with Crippen molar-refractivity contribution in [2.45, 2.75) is 71.4 Å². The first-order chi connectivity index (χ1) is 9.36. The maximum atomic E-state index is 2.55. The minimum atomic E-state index is 0.254. The second kappa shape index (κ2) is 6.30. The molecule has 1 saturated carbocycles.